The molecule has 0 aromatic heterocycles. The summed E-state index contributed by atoms with van der Waals surface area (Å²) in [7, 11) is 0. The maximum absolute atomic E-state index is 11.3. The molecule has 0 saturated heterocycles. The molecule has 0 N–H and O–H groups in total. The standard InChI is InChI=1S/C10H14O3/c1-6(11)8-3-4-10(13)9(5-8)7(2)12/h8-9H,3-5H2,1-2H3. The van der Waals surface area contributed by atoms with Gasteiger partial charge in [-0.3, -0.25) is 14.4 Å². The maximum Gasteiger partial charge on any atom is 0.143 e. The molecule has 1 aliphatic carbocycles. The second kappa shape index (κ2) is 3.81. The van der Waals surface area contributed by atoms with Gasteiger partial charge in [-0.15, -0.1) is 0 Å². The summed E-state index contributed by atoms with van der Waals surface area (Å²) in [4.78, 5) is 33.4. The van der Waals surface area contributed by atoms with E-state index in [1.54, 1.807) is 0 Å². The average molecular weight is 182 g/mol. The molecule has 2 atom stereocenters. The van der Waals surface area contributed by atoms with Crippen LogP contribution in [0.3, 0.4) is 0 Å². The van der Waals surface area contributed by atoms with Gasteiger partial charge < -0.3 is 0 Å². The van der Waals surface area contributed by atoms with E-state index in [1.807, 2.05) is 0 Å². The highest BCUT2D eigenvalue weighted by molar-refractivity contribution is 6.02. The Bertz CT molecular complexity index is 255. The van der Waals surface area contributed by atoms with Crippen LogP contribution in [0.15, 0.2) is 0 Å². The van der Waals surface area contributed by atoms with E-state index in [0.29, 0.717) is 19.3 Å². The van der Waals surface area contributed by atoms with Crippen LogP contribution in [0.4, 0.5) is 0 Å². The van der Waals surface area contributed by atoms with E-state index < -0.39 is 5.92 Å². The summed E-state index contributed by atoms with van der Waals surface area (Å²) < 4.78 is 0. The summed E-state index contributed by atoms with van der Waals surface area (Å²) in [6, 6.07) is 0. The van der Waals surface area contributed by atoms with Gasteiger partial charge in [0.25, 0.3) is 0 Å². The number of carbonyl (C=O) groups is 3. The van der Waals surface area contributed by atoms with Gasteiger partial charge in [0, 0.05) is 12.3 Å². The first-order valence-electron chi connectivity index (χ1n) is 4.56. The van der Waals surface area contributed by atoms with Crippen molar-refractivity contribution in [3.05, 3.63) is 0 Å². The SMILES string of the molecule is CC(=O)C1CCC(=O)C(C(C)=O)C1. The topological polar surface area (TPSA) is 51.2 Å². The third kappa shape index (κ3) is 2.23. The first-order chi connectivity index (χ1) is 6.02. The van der Waals surface area contributed by atoms with Crippen molar-refractivity contribution in [2.24, 2.45) is 11.8 Å². The number of rotatable bonds is 2. The minimum atomic E-state index is -0.511. The van der Waals surface area contributed by atoms with E-state index in [0.717, 1.165) is 0 Å². The Morgan fingerprint density at radius 1 is 1.23 bits per heavy atom. The van der Waals surface area contributed by atoms with E-state index in [2.05, 4.69) is 0 Å². The fourth-order valence-corrected chi connectivity index (χ4v) is 1.79. The van der Waals surface area contributed by atoms with Gasteiger partial charge in [0.1, 0.15) is 17.3 Å². The predicted octanol–water partition coefficient (Wildman–Crippen LogP) is 1.15. The van der Waals surface area contributed by atoms with Crippen molar-refractivity contribution in [1.82, 2.24) is 0 Å². The summed E-state index contributed by atoms with van der Waals surface area (Å²) in [5.74, 6) is -0.589. The van der Waals surface area contributed by atoms with Gasteiger partial charge in [-0.1, -0.05) is 0 Å². The number of Topliss-reactive ketones (excluding diaryl/α,β-unsaturated/α-hetero) is 3. The van der Waals surface area contributed by atoms with Crippen LogP contribution in [0, 0.1) is 11.8 Å². The molecule has 0 aromatic carbocycles. The highest BCUT2D eigenvalue weighted by Gasteiger charge is 2.33. The Morgan fingerprint density at radius 3 is 2.31 bits per heavy atom. The molecule has 0 radical (unpaired) electrons. The monoisotopic (exact) mass is 182 g/mol. The fourth-order valence-electron chi connectivity index (χ4n) is 1.79. The third-order valence-corrected chi connectivity index (χ3v) is 2.71. The molecule has 1 saturated carbocycles. The van der Waals surface area contributed by atoms with Crippen molar-refractivity contribution in [3.8, 4) is 0 Å². The molecule has 3 nitrogen and oxygen atoms in total. The summed E-state index contributed by atoms with van der Waals surface area (Å²) in [5.41, 5.74) is 0. The number of carbonyl (C=O) groups excluding carboxylic acids is 3. The Labute approximate surface area is 77.5 Å². The summed E-state index contributed by atoms with van der Waals surface area (Å²) in [6.45, 7) is 2.95. The Morgan fingerprint density at radius 2 is 1.85 bits per heavy atom. The molecule has 0 aromatic rings. The predicted molar refractivity (Wildman–Crippen MR) is 47.2 cm³/mol. The van der Waals surface area contributed by atoms with Gasteiger partial charge in [0.15, 0.2) is 0 Å². The minimum absolute atomic E-state index is 0.00463. The molecule has 3 heteroatoms. The molecule has 72 valence electrons. The van der Waals surface area contributed by atoms with E-state index >= 15 is 0 Å². The minimum Gasteiger partial charge on any atom is -0.300 e. The number of hydrogen-bond donors (Lipinski definition) is 0. The van der Waals surface area contributed by atoms with Gasteiger partial charge >= 0.3 is 0 Å². The van der Waals surface area contributed by atoms with Crippen LogP contribution < -0.4 is 0 Å². The molecule has 1 fully saturated rings. The van der Waals surface area contributed by atoms with Crippen LogP contribution in [0.2, 0.25) is 0 Å². The van der Waals surface area contributed by atoms with E-state index in [-0.39, 0.29) is 23.3 Å². The van der Waals surface area contributed by atoms with Gasteiger partial charge in [-0.05, 0) is 26.7 Å². The number of hydrogen-bond acceptors (Lipinski definition) is 3. The van der Waals surface area contributed by atoms with Gasteiger partial charge in [-0.25, -0.2) is 0 Å². The van der Waals surface area contributed by atoms with Gasteiger partial charge in [0.05, 0.1) is 5.92 Å². The van der Waals surface area contributed by atoms with Crippen LogP contribution >= 0.6 is 0 Å². The quantitative estimate of drug-likeness (QED) is 0.602. The molecule has 0 bridgehead atoms. The fraction of sp³-hybridized carbons (Fsp3) is 0.700. The van der Waals surface area contributed by atoms with Crippen molar-refractivity contribution in [2.75, 3.05) is 0 Å². The molecule has 13 heavy (non-hydrogen) atoms. The van der Waals surface area contributed by atoms with Crippen molar-refractivity contribution in [2.45, 2.75) is 33.1 Å². The van der Waals surface area contributed by atoms with Crippen LogP contribution in [0.1, 0.15) is 33.1 Å². The summed E-state index contributed by atoms with van der Waals surface area (Å²) >= 11 is 0. The van der Waals surface area contributed by atoms with Crippen LogP contribution in [0.5, 0.6) is 0 Å². The first-order valence-corrected chi connectivity index (χ1v) is 4.56. The highest BCUT2D eigenvalue weighted by atomic mass is 16.2. The summed E-state index contributed by atoms with van der Waals surface area (Å²) in [6.07, 6.45) is 1.44. The largest absolute Gasteiger partial charge is 0.300 e. The van der Waals surface area contributed by atoms with Crippen molar-refractivity contribution in [1.29, 1.82) is 0 Å². The molecule has 0 amide bonds. The second-order valence-corrected chi connectivity index (χ2v) is 3.71. The lowest BCUT2D eigenvalue weighted by Gasteiger charge is -2.24. The van der Waals surface area contributed by atoms with Gasteiger partial charge in [-0.2, -0.15) is 0 Å². The molecule has 2 unspecified atom stereocenters. The molecule has 0 spiro atoms. The zero-order valence-corrected chi connectivity index (χ0v) is 8.00. The van der Waals surface area contributed by atoms with E-state index in [4.69, 9.17) is 0 Å². The van der Waals surface area contributed by atoms with E-state index in [9.17, 15) is 14.4 Å². The summed E-state index contributed by atoms with van der Waals surface area (Å²) in [5, 5.41) is 0. The van der Waals surface area contributed by atoms with Crippen molar-refractivity contribution >= 4 is 17.3 Å². The number of ketones is 3. The van der Waals surface area contributed by atoms with Crippen LogP contribution in [-0.4, -0.2) is 17.3 Å². The molecule has 0 heterocycles. The molecular weight excluding hydrogens is 168 g/mol. The van der Waals surface area contributed by atoms with Crippen LogP contribution in [0.25, 0.3) is 0 Å². The van der Waals surface area contributed by atoms with Crippen molar-refractivity contribution in [3.63, 3.8) is 0 Å². The lowest BCUT2D eigenvalue weighted by atomic mass is 9.77. The highest BCUT2D eigenvalue weighted by Crippen LogP contribution is 2.27. The Hall–Kier alpha value is -0.990. The van der Waals surface area contributed by atoms with Gasteiger partial charge in [0.2, 0.25) is 0 Å². The Kier molecular flexibility index (Phi) is 2.96. The maximum atomic E-state index is 11.3. The molecule has 1 rings (SSSR count). The lowest BCUT2D eigenvalue weighted by molar-refractivity contribution is -0.135. The van der Waals surface area contributed by atoms with Crippen LogP contribution in [-0.2, 0) is 14.4 Å². The third-order valence-electron chi connectivity index (χ3n) is 2.71. The van der Waals surface area contributed by atoms with E-state index in [1.165, 1.54) is 13.8 Å². The Balaban J connectivity index is 2.68. The molecule has 1 aliphatic rings. The normalized spacial score (nSPS) is 28.6. The smallest absolute Gasteiger partial charge is 0.143 e. The second-order valence-electron chi connectivity index (χ2n) is 3.71. The zero-order chi connectivity index (χ0) is 10.0. The zero-order valence-electron chi connectivity index (χ0n) is 8.00. The lowest BCUT2D eigenvalue weighted by Crippen LogP contribution is -2.32. The molecular formula is C10H14O3. The average Bonchev–Trinajstić information content (AvgIpc) is 2.04. The van der Waals surface area contributed by atoms with Crippen molar-refractivity contribution < 1.29 is 14.4 Å². The molecule has 0 aliphatic heterocycles. The first kappa shape index (κ1) is 10.1.